The quantitative estimate of drug-likeness (QED) is 0.197. The number of hydrogen-bond acceptors (Lipinski definition) is 7. The van der Waals surface area contributed by atoms with Gasteiger partial charge in [-0.15, -0.1) is 0 Å². The van der Waals surface area contributed by atoms with E-state index in [4.69, 9.17) is 26.1 Å². The lowest BCUT2D eigenvalue weighted by Crippen LogP contribution is -2.43. The Morgan fingerprint density at radius 2 is 1.86 bits per heavy atom. The number of alkyl carbamates (subject to hydrolysis) is 1. The second kappa shape index (κ2) is 11.9. The Morgan fingerprint density at radius 1 is 1.14 bits per heavy atom. The van der Waals surface area contributed by atoms with Gasteiger partial charge in [-0.2, -0.15) is 10.1 Å². The molecule has 0 unspecified atom stereocenters. The van der Waals surface area contributed by atoms with Gasteiger partial charge in [0.15, 0.2) is 5.65 Å². The zero-order valence-corrected chi connectivity index (χ0v) is 28.9. The Morgan fingerprint density at radius 3 is 2.55 bits per heavy atom. The zero-order chi connectivity index (χ0) is 32.1. The van der Waals surface area contributed by atoms with Crippen molar-refractivity contribution in [1.29, 1.82) is 0 Å². The average Bonchev–Trinajstić information content (AvgIpc) is 3.57. The van der Waals surface area contributed by atoms with Crippen molar-refractivity contribution in [3.63, 3.8) is 0 Å². The molecular weight excluding hydrogens is 598 g/mol. The summed E-state index contributed by atoms with van der Waals surface area (Å²) in [5.74, 6) is 0.650. The highest BCUT2D eigenvalue weighted by molar-refractivity contribution is 6.76. The van der Waals surface area contributed by atoms with Crippen molar-refractivity contribution >= 4 is 53.7 Å². The molecule has 0 spiro atoms. The van der Waals surface area contributed by atoms with E-state index in [1.54, 1.807) is 16.3 Å². The first-order chi connectivity index (χ1) is 20.5. The van der Waals surface area contributed by atoms with E-state index >= 15 is 0 Å². The van der Waals surface area contributed by atoms with Gasteiger partial charge in [-0.1, -0.05) is 44.2 Å². The first-order valence-electron chi connectivity index (χ1n) is 15.1. The monoisotopic (exact) mass is 641 g/mol. The summed E-state index contributed by atoms with van der Waals surface area (Å²) in [7, 11) is 2.31. The number of amides is 1. The number of carbonyl (C=O) groups excluding carboxylic acids is 1. The predicted octanol–water partition coefficient (Wildman–Crippen LogP) is 5.60. The highest BCUT2D eigenvalue weighted by Crippen LogP contribution is 2.38. The van der Waals surface area contributed by atoms with Crippen LogP contribution in [0.4, 0.5) is 10.7 Å². The van der Waals surface area contributed by atoms with E-state index in [1.165, 1.54) is 0 Å². The summed E-state index contributed by atoms with van der Waals surface area (Å²) >= 11 is 6.95. The van der Waals surface area contributed by atoms with Crippen LogP contribution in [-0.4, -0.2) is 69.4 Å². The van der Waals surface area contributed by atoms with Crippen LogP contribution in [0.3, 0.4) is 0 Å². The van der Waals surface area contributed by atoms with Gasteiger partial charge in [0.1, 0.15) is 12.3 Å². The maximum absolute atomic E-state index is 14.1. The van der Waals surface area contributed by atoms with Gasteiger partial charge in [0, 0.05) is 70.8 Å². The van der Waals surface area contributed by atoms with Crippen molar-refractivity contribution in [2.75, 3.05) is 24.6 Å². The summed E-state index contributed by atoms with van der Waals surface area (Å²) in [5.41, 5.74) is 1.98. The minimum atomic E-state index is -1.28. The molecule has 1 aliphatic rings. The predicted molar refractivity (Wildman–Crippen MR) is 178 cm³/mol. The summed E-state index contributed by atoms with van der Waals surface area (Å²) in [5, 5.41) is 9.30. The zero-order valence-electron chi connectivity index (χ0n) is 27.2. The minimum Gasteiger partial charge on any atom is -0.444 e. The van der Waals surface area contributed by atoms with Crippen molar-refractivity contribution in [2.24, 2.45) is 20.0 Å². The summed E-state index contributed by atoms with van der Waals surface area (Å²) in [4.78, 5) is 33.8. The number of nitrogens with one attached hydrogen (secondary N) is 1. The molecule has 1 saturated heterocycles. The van der Waals surface area contributed by atoms with Gasteiger partial charge in [0.25, 0.3) is 5.56 Å². The third kappa shape index (κ3) is 6.67. The van der Waals surface area contributed by atoms with Crippen molar-refractivity contribution in [3.05, 3.63) is 39.9 Å². The molecule has 1 N–H and O–H groups in total. The van der Waals surface area contributed by atoms with Crippen LogP contribution in [0, 0.1) is 5.92 Å². The summed E-state index contributed by atoms with van der Waals surface area (Å²) in [6, 6.07) is 4.70. The van der Waals surface area contributed by atoms with Crippen molar-refractivity contribution in [3.8, 4) is 11.1 Å². The largest absolute Gasteiger partial charge is 0.444 e. The number of fused-ring (bicyclic) bond motifs is 2. The number of carbonyl (C=O) groups is 1. The smallest absolute Gasteiger partial charge is 0.407 e. The van der Waals surface area contributed by atoms with Gasteiger partial charge >= 0.3 is 6.09 Å². The van der Waals surface area contributed by atoms with Crippen LogP contribution < -0.4 is 15.8 Å². The second-order valence-electron chi connectivity index (χ2n) is 14.1. The Labute approximate surface area is 264 Å². The summed E-state index contributed by atoms with van der Waals surface area (Å²) < 4.78 is 16.8. The molecule has 1 aliphatic heterocycles. The first kappa shape index (κ1) is 32.1. The molecule has 1 aromatic carbocycles. The molecule has 0 bridgehead atoms. The lowest BCUT2D eigenvalue weighted by atomic mass is 10.0. The molecule has 44 heavy (non-hydrogen) atoms. The third-order valence-corrected chi connectivity index (χ3v) is 10.0. The molecule has 4 heterocycles. The number of anilines is 1. The van der Waals surface area contributed by atoms with Crippen LogP contribution in [-0.2, 0) is 30.3 Å². The van der Waals surface area contributed by atoms with Gasteiger partial charge in [0.05, 0.1) is 22.0 Å². The SMILES string of the molecule is C[C@@H]1CN(c2nc3c(c(-c4ccc5nn(C)cc5c4Cl)cn3COCC[Si](C)(C)C)c(=O)n2C)C[C@@H]1NC(=O)OC(C)(C)C. The van der Waals surface area contributed by atoms with Gasteiger partial charge in [-0.3, -0.25) is 14.0 Å². The van der Waals surface area contributed by atoms with Crippen molar-refractivity contribution in [2.45, 2.75) is 71.8 Å². The Kier molecular flexibility index (Phi) is 8.64. The molecule has 1 amide bonds. The first-order valence-corrected chi connectivity index (χ1v) is 19.2. The van der Waals surface area contributed by atoms with Crippen LogP contribution in [0.15, 0.2) is 29.3 Å². The van der Waals surface area contributed by atoms with E-state index in [0.717, 1.165) is 22.5 Å². The number of ether oxygens (including phenoxy) is 2. The standard InChI is InChI=1S/C31H44ClN7O4Si/c1-19-14-38(17-24(19)33-30(41)43-31(2,3)4)29-34-27-25(28(40)37(29)6)21(16-39(27)18-42-12-13-44(7,8)9)20-10-11-23-22(26(20)32)15-36(5)35-23/h10-11,15-16,19,24H,12-14,17-18H2,1-9H3,(H,33,41)/t19-,24+/m1/s1. The molecule has 0 aliphatic carbocycles. The van der Waals surface area contributed by atoms with Gasteiger partial charge < -0.3 is 24.3 Å². The Balaban J connectivity index is 1.55. The lowest BCUT2D eigenvalue weighted by molar-refractivity contribution is 0.0499. The molecule has 2 atom stereocenters. The average molecular weight is 642 g/mol. The van der Waals surface area contributed by atoms with E-state index in [2.05, 4.69) is 37.0 Å². The van der Waals surface area contributed by atoms with Crippen molar-refractivity contribution < 1.29 is 14.3 Å². The summed E-state index contributed by atoms with van der Waals surface area (Å²) in [6.45, 7) is 16.5. The summed E-state index contributed by atoms with van der Waals surface area (Å²) in [6.07, 6.45) is 3.34. The van der Waals surface area contributed by atoms with Crippen LogP contribution in [0.2, 0.25) is 30.7 Å². The highest BCUT2D eigenvalue weighted by Gasteiger charge is 2.34. The van der Waals surface area contributed by atoms with Crippen LogP contribution >= 0.6 is 11.6 Å². The molecule has 3 aromatic heterocycles. The topological polar surface area (TPSA) is 108 Å². The number of nitrogens with zero attached hydrogens (tertiary/aromatic N) is 6. The second-order valence-corrected chi connectivity index (χ2v) is 20.1. The Bertz CT molecular complexity index is 1770. The molecule has 4 aromatic rings. The molecule has 5 rings (SSSR count). The number of rotatable bonds is 8. The molecule has 1 fully saturated rings. The molecule has 11 nitrogen and oxygen atoms in total. The van der Waals surface area contributed by atoms with Crippen LogP contribution in [0.1, 0.15) is 27.7 Å². The molecule has 0 saturated carbocycles. The van der Waals surface area contributed by atoms with Gasteiger partial charge in [0.2, 0.25) is 5.95 Å². The lowest BCUT2D eigenvalue weighted by Gasteiger charge is -2.23. The number of aryl methyl sites for hydroxylation is 1. The number of halogens is 1. The van der Waals surface area contributed by atoms with E-state index in [9.17, 15) is 9.59 Å². The van der Waals surface area contributed by atoms with E-state index in [-0.39, 0.29) is 24.2 Å². The fraction of sp³-hybridized carbons (Fsp3) is 0.548. The fourth-order valence-corrected chi connectivity index (χ4v) is 6.66. The molecule has 13 heteroatoms. The normalized spacial score (nSPS) is 17.6. The third-order valence-electron chi connectivity index (χ3n) is 7.93. The minimum absolute atomic E-state index is 0.118. The van der Waals surface area contributed by atoms with Gasteiger partial charge in [-0.05, 0) is 38.8 Å². The Hall–Kier alpha value is -3.35. The maximum atomic E-state index is 14.1. The molecule has 238 valence electrons. The molecular formula is C31H44ClN7O4Si. The fourth-order valence-electron chi connectivity index (χ4n) is 5.59. The number of hydrogen-bond donors (Lipinski definition) is 1. The van der Waals surface area contributed by atoms with E-state index in [0.29, 0.717) is 47.3 Å². The van der Waals surface area contributed by atoms with Crippen molar-refractivity contribution in [1.82, 2.24) is 29.2 Å². The number of aromatic nitrogens is 5. The highest BCUT2D eigenvalue weighted by atomic mass is 35.5. The van der Waals surface area contributed by atoms with Crippen LogP contribution in [0.25, 0.3) is 33.1 Å². The number of benzene rings is 1. The molecule has 0 radical (unpaired) electrons. The van der Waals surface area contributed by atoms with Gasteiger partial charge in [-0.25, -0.2) is 4.79 Å². The van der Waals surface area contributed by atoms with E-state index < -0.39 is 19.8 Å². The van der Waals surface area contributed by atoms with E-state index in [1.807, 2.05) is 61.8 Å². The van der Waals surface area contributed by atoms with Crippen LogP contribution in [0.5, 0.6) is 0 Å². The maximum Gasteiger partial charge on any atom is 0.407 e.